The Morgan fingerprint density at radius 2 is 2.12 bits per heavy atom. The van der Waals surface area contributed by atoms with Gasteiger partial charge in [0.05, 0.1) is 0 Å². The van der Waals surface area contributed by atoms with Gasteiger partial charge in [-0.1, -0.05) is 0 Å². The van der Waals surface area contributed by atoms with Crippen LogP contribution in [0.5, 0.6) is 5.75 Å². The highest BCUT2D eigenvalue weighted by Gasteiger charge is 2.28. The number of hydrogen-bond acceptors (Lipinski definition) is 3. The van der Waals surface area contributed by atoms with Gasteiger partial charge in [0.25, 0.3) is 5.91 Å². The standard InChI is InChI=1S/C13H18N2O2/c1-9(10-2-3-10)15-13(16)8-17-12-6-4-11(14)5-7-12/h4-7,9-10H,2-3,8,14H2,1H3,(H,15,16). The molecule has 0 aromatic heterocycles. The number of nitrogens with two attached hydrogens (primary N) is 1. The Bertz CT molecular complexity index is 385. The maximum absolute atomic E-state index is 11.6. The van der Waals surface area contributed by atoms with Crippen LogP contribution in [0.15, 0.2) is 24.3 Å². The summed E-state index contributed by atoms with van der Waals surface area (Å²) in [5.74, 6) is 1.25. The van der Waals surface area contributed by atoms with E-state index in [4.69, 9.17) is 10.5 Å². The number of carbonyl (C=O) groups excluding carboxylic acids is 1. The first kappa shape index (κ1) is 11.8. The molecular formula is C13H18N2O2. The van der Waals surface area contributed by atoms with Crippen LogP contribution in [-0.4, -0.2) is 18.6 Å². The first-order chi connectivity index (χ1) is 8.15. The van der Waals surface area contributed by atoms with Crippen molar-refractivity contribution in [3.8, 4) is 5.75 Å². The van der Waals surface area contributed by atoms with Gasteiger partial charge < -0.3 is 15.8 Å². The minimum absolute atomic E-state index is 0.0565. The number of ether oxygens (including phenoxy) is 1. The lowest BCUT2D eigenvalue weighted by Crippen LogP contribution is -2.37. The van der Waals surface area contributed by atoms with E-state index < -0.39 is 0 Å². The summed E-state index contributed by atoms with van der Waals surface area (Å²) in [6.45, 7) is 2.10. The number of nitrogen functional groups attached to an aromatic ring is 1. The fourth-order valence-electron chi connectivity index (χ4n) is 1.72. The third-order valence-corrected chi connectivity index (χ3v) is 2.97. The van der Waals surface area contributed by atoms with Crippen molar-refractivity contribution in [2.75, 3.05) is 12.3 Å². The van der Waals surface area contributed by atoms with Crippen molar-refractivity contribution in [2.45, 2.75) is 25.8 Å². The minimum atomic E-state index is -0.0683. The van der Waals surface area contributed by atoms with E-state index in [1.807, 2.05) is 6.92 Å². The molecule has 17 heavy (non-hydrogen) atoms. The van der Waals surface area contributed by atoms with Crippen LogP contribution in [0.3, 0.4) is 0 Å². The van der Waals surface area contributed by atoms with Crippen molar-refractivity contribution in [3.63, 3.8) is 0 Å². The molecule has 2 rings (SSSR count). The summed E-state index contributed by atoms with van der Waals surface area (Å²) in [5, 5.41) is 2.93. The van der Waals surface area contributed by atoms with Gasteiger partial charge in [-0.05, 0) is 49.9 Å². The van der Waals surface area contributed by atoms with Gasteiger partial charge in [0.2, 0.25) is 0 Å². The predicted octanol–water partition coefficient (Wildman–Crippen LogP) is 1.56. The van der Waals surface area contributed by atoms with Gasteiger partial charge in [0.15, 0.2) is 6.61 Å². The van der Waals surface area contributed by atoms with Gasteiger partial charge in [-0.3, -0.25) is 4.79 Å². The number of carbonyl (C=O) groups is 1. The van der Waals surface area contributed by atoms with E-state index in [-0.39, 0.29) is 18.6 Å². The molecule has 1 atom stereocenters. The molecule has 4 heteroatoms. The van der Waals surface area contributed by atoms with Gasteiger partial charge in [-0.25, -0.2) is 0 Å². The largest absolute Gasteiger partial charge is 0.484 e. The predicted molar refractivity (Wildman–Crippen MR) is 66.7 cm³/mol. The third-order valence-electron chi connectivity index (χ3n) is 2.97. The van der Waals surface area contributed by atoms with Crippen molar-refractivity contribution in [3.05, 3.63) is 24.3 Å². The van der Waals surface area contributed by atoms with Crippen molar-refractivity contribution in [1.29, 1.82) is 0 Å². The van der Waals surface area contributed by atoms with Gasteiger partial charge in [-0.15, -0.1) is 0 Å². The second-order valence-electron chi connectivity index (χ2n) is 4.55. The molecule has 1 unspecified atom stereocenters. The highest BCUT2D eigenvalue weighted by atomic mass is 16.5. The number of amides is 1. The number of nitrogens with one attached hydrogen (secondary N) is 1. The van der Waals surface area contributed by atoms with Crippen LogP contribution in [0, 0.1) is 5.92 Å². The van der Waals surface area contributed by atoms with Crippen LogP contribution in [0.2, 0.25) is 0 Å². The fraction of sp³-hybridized carbons (Fsp3) is 0.462. The normalized spacial score (nSPS) is 16.3. The number of anilines is 1. The summed E-state index contributed by atoms with van der Waals surface area (Å²) >= 11 is 0. The maximum Gasteiger partial charge on any atom is 0.258 e. The summed E-state index contributed by atoms with van der Waals surface area (Å²) in [6.07, 6.45) is 2.44. The third kappa shape index (κ3) is 3.66. The van der Waals surface area contributed by atoms with Gasteiger partial charge in [0.1, 0.15) is 5.75 Å². The summed E-state index contributed by atoms with van der Waals surface area (Å²) in [5.41, 5.74) is 6.24. The van der Waals surface area contributed by atoms with Gasteiger partial charge in [-0.2, -0.15) is 0 Å². The Balaban J connectivity index is 1.73. The molecule has 0 spiro atoms. The van der Waals surface area contributed by atoms with E-state index in [0.29, 0.717) is 17.4 Å². The molecule has 0 bridgehead atoms. The Labute approximate surface area is 101 Å². The van der Waals surface area contributed by atoms with Gasteiger partial charge in [0, 0.05) is 11.7 Å². The number of rotatable bonds is 5. The maximum atomic E-state index is 11.6. The van der Waals surface area contributed by atoms with Crippen LogP contribution in [0.25, 0.3) is 0 Å². The van der Waals surface area contributed by atoms with E-state index >= 15 is 0 Å². The molecule has 0 heterocycles. The fourth-order valence-corrected chi connectivity index (χ4v) is 1.72. The molecule has 3 N–H and O–H groups in total. The zero-order valence-corrected chi connectivity index (χ0v) is 9.98. The monoisotopic (exact) mass is 234 g/mol. The average Bonchev–Trinajstić information content (AvgIpc) is 3.12. The molecule has 4 nitrogen and oxygen atoms in total. The Hall–Kier alpha value is -1.71. The smallest absolute Gasteiger partial charge is 0.258 e. The first-order valence-electron chi connectivity index (χ1n) is 5.93. The zero-order chi connectivity index (χ0) is 12.3. The van der Waals surface area contributed by atoms with E-state index in [0.717, 1.165) is 0 Å². The average molecular weight is 234 g/mol. The van der Waals surface area contributed by atoms with Crippen LogP contribution < -0.4 is 15.8 Å². The molecule has 0 saturated heterocycles. The van der Waals surface area contributed by atoms with Crippen molar-refractivity contribution < 1.29 is 9.53 Å². The SMILES string of the molecule is CC(NC(=O)COc1ccc(N)cc1)C1CC1. The van der Waals surface area contributed by atoms with Crippen molar-refractivity contribution >= 4 is 11.6 Å². The van der Waals surface area contributed by atoms with Crippen LogP contribution >= 0.6 is 0 Å². The molecule has 1 aromatic rings. The second kappa shape index (κ2) is 5.08. The summed E-state index contributed by atoms with van der Waals surface area (Å²) in [7, 11) is 0. The lowest BCUT2D eigenvalue weighted by atomic mass is 10.2. The van der Waals surface area contributed by atoms with E-state index in [9.17, 15) is 4.79 Å². The Morgan fingerprint density at radius 3 is 2.71 bits per heavy atom. The summed E-state index contributed by atoms with van der Waals surface area (Å²) in [6, 6.07) is 7.28. The Morgan fingerprint density at radius 1 is 1.47 bits per heavy atom. The molecular weight excluding hydrogens is 216 g/mol. The molecule has 1 aliphatic rings. The van der Waals surface area contributed by atoms with Crippen molar-refractivity contribution in [1.82, 2.24) is 5.32 Å². The highest BCUT2D eigenvalue weighted by Crippen LogP contribution is 2.32. The second-order valence-corrected chi connectivity index (χ2v) is 4.55. The lowest BCUT2D eigenvalue weighted by molar-refractivity contribution is -0.123. The summed E-state index contributed by atoms with van der Waals surface area (Å²) < 4.78 is 5.36. The van der Waals surface area contributed by atoms with Gasteiger partial charge >= 0.3 is 0 Å². The highest BCUT2D eigenvalue weighted by molar-refractivity contribution is 5.77. The minimum Gasteiger partial charge on any atom is -0.484 e. The molecule has 0 aliphatic heterocycles. The molecule has 1 fully saturated rings. The quantitative estimate of drug-likeness (QED) is 0.760. The summed E-state index contributed by atoms with van der Waals surface area (Å²) in [4.78, 5) is 11.6. The van der Waals surface area contributed by atoms with E-state index in [1.165, 1.54) is 12.8 Å². The molecule has 1 amide bonds. The molecule has 92 valence electrons. The van der Waals surface area contributed by atoms with E-state index in [1.54, 1.807) is 24.3 Å². The molecule has 0 radical (unpaired) electrons. The number of hydrogen-bond donors (Lipinski definition) is 2. The molecule has 1 aliphatic carbocycles. The van der Waals surface area contributed by atoms with Crippen LogP contribution in [-0.2, 0) is 4.79 Å². The van der Waals surface area contributed by atoms with Crippen LogP contribution in [0.4, 0.5) is 5.69 Å². The Kier molecular flexibility index (Phi) is 3.52. The molecule has 1 saturated carbocycles. The first-order valence-corrected chi connectivity index (χ1v) is 5.93. The number of benzene rings is 1. The van der Waals surface area contributed by atoms with E-state index in [2.05, 4.69) is 5.32 Å². The van der Waals surface area contributed by atoms with Crippen molar-refractivity contribution in [2.24, 2.45) is 5.92 Å². The van der Waals surface area contributed by atoms with Crippen LogP contribution in [0.1, 0.15) is 19.8 Å². The zero-order valence-electron chi connectivity index (χ0n) is 9.98. The lowest BCUT2D eigenvalue weighted by Gasteiger charge is -2.13. The molecule has 1 aromatic carbocycles. The topological polar surface area (TPSA) is 64.3 Å².